The number of benzene rings is 1. The van der Waals surface area contributed by atoms with Crippen LogP contribution >= 0.6 is 0 Å². The van der Waals surface area contributed by atoms with Gasteiger partial charge < -0.3 is 24.2 Å². The van der Waals surface area contributed by atoms with Gasteiger partial charge in [0.15, 0.2) is 11.5 Å². The Hall–Kier alpha value is -2.54. The Labute approximate surface area is 183 Å². The average Bonchev–Trinajstić information content (AvgIpc) is 3.38. The van der Waals surface area contributed by atoms with Crippen molar-refractivity contribution in [1.82, 2.24) is 10.1 Å². The summed E-state index contributed by atoms with van der Waals surface area (Å²) in [6.45, 7) is 5.91. The summed E-state index contributed by atoms with van der Waals surface area (Å²) >= 11 is 0. The lowest BCUT2D eigenvalue weighted by molar-refractivity contribution is -0.0431. The summed E-state index contributed by atoms with van der Waals surface area (Å²) in [7, 11) is 0. The number of fused-ring (bicyclic) bond motifs is 1. The van der Waals surface area contributed by atoms with Crippen molar-refractivity contribution >= 4 is 11.6 Å². The summed E-state index contributed by atoms with van der Waals surface area (Å²) < 4.78 is 16.8. The number of piperidine rings is 1. The van der Waals surface area contributed by atoms with Crippen LogP contribution in [0.2, 0.25) is 0 Å². The fraction of sp³-hybridized carbons (Fsp3) is 0.583. The summed E-state index contributed by atoms with van der Waals surface area (Å²) in [4.78, 5) is 15.3. The number of hydrogen-bond acceptors (Lipinski definition) is 6. The highest BCUT2D eigenvalue weighted by Crippen LogP contribution is 2.40. The third-order valence-corrected chi connectivity index (χ3v) is 6.70. The molecule has 1 amide bonds. The lowest BCUT2D eigenvalue weighted by Crippen LogP contribution is -2.41. The van der Waals surface area contributed by atoms with E-state index in [-0.39, 0.29) is 11.7 Å². The maximum absolute atomic E-state index is 12.7. The van der Waals surface area contributed by atoms with Crippen molar-refractivity contribution in [3.8, 4) is 11.5 Å². The van der Waals surface area contributed by atoms with Gasteiger partial charge in [-0.3, -0.25) is 4.79 Å². The molecule has 0 radical (unpaired) electrons. The van der Waals surface area contributed by atoms with Crippen LogP contribution in [0.15, 0.2) is 28.8 Å². The zero-order chi connectivity index (χ0) is 21.4. The van der Waals surface area contributed by atoms with Gasteiger partial charge in [0.05, 0.1) is 5.69 Å². The first kappa shape index (κ1) is 20.4. The van der Waals surface area contributed by atoms with Gasteiger partial charge in [0.1, 0.15) is 0 Å². The molecule has 0 bridgehead atoms. The average molecular weight is 426 g/mol. The Morgan fingerprint density at radius 1 is 1.03 bits per heavy atom. The molecule has 2 aromatic rings. The maximum atomic E-state index is 12.7. The minimum Gasteiger partial charge on any atom is -0.449 e. The highest BCUT2D eigenvalue weighted by Gasteiger charge is 2.32. The highest BCUT2D eigenvalue weighted by atomic mass is 16.7. The van der Waals surface area contributed by atoms with Crippen LogP contribution in [-0.4, -0.2) is 40.9 Å². The first-order valence-electron chi connectivity index (χ1n) is 11.5. The van der Waals surface area contributed by atoms with E-state index in [9.17, 15) is 4.79 Å². The number of amides is 1. The number of likely N-dealkylation sites (tertiary alicyclic amines) is 1. The van der Waals surface area contributed by atoms with E-state index in [0.29, 0.717) is 23.1 Å². The Bertz CT molecular complexity index is 940. The number of anilines is 1. The van der Waals surface area contributed by atoms with Gasteiger partial charge in [-0.05, 0) is 50.9 Å². The third-order valence-electron chi connectivity index (χ3n) is 6.70. The molecule has 2 aliphatic heterocycles. The van der Waals surface area contributed by atoms with Crippen LogP contribution in [-0.2, 0) is 0 Å². The van der Waals surface area contributed by atoms with E-state index >= 15 is 0 Å². The van der Waals surface area contributed by atoms with E-state index < -0.39 is 5.79 Å². The van der Waals surface area contributed by atoms with Gasteiger partial charge in [-0.2, -0.15) is 0 Å². The number of carbonyl (C=O) groups is 1. The second kappa shape index (κ2) is 8.19. The second-order valence-corrected chi connectivity index (χ2v) is 9.44. The molecule has 1 saturated heterocycles. The van der Waals surface area contributed by atoms with E-state index in [4.69, 9.17) is 14.0 Å². The van der Waals surface area contributed by atoms with Gasteiger partial charge in [0.2, 0.25) is 11.5 Å². The third kappa shape index (κ3) is 4.42. The normalized spacial score (nSPS) is 21.9. The largest absolute Gasteiger partial charge is 0.449 e. The topological polar surface area (TPSA) is 76.8 Å². The fourth-order valence-electron chi connectivity index (χ4n) is 5.09. The zero-order valence-corrected chi connectivity index (χ0v) is 18.4. The number of hydrogen-bond donors (Lipinski definition) is 1. The minimum atomic E-state index is -0.697. The Morgan fingerprint density at radius 2 is 1.77 bits per heavy atom. The number of aromatic nitrogens is 1. The molecule has 0 spiro atoms. The molecule has 31 heavy (non-hydrogen) atoms. The van der Waals surface area contributed by atoms with Gasteiger partial charge in [-0.15, -0.1) is 0 Å². The van der Waals surface area contributed by atoms with Crippen LogP contribution in [0.1, 0.15) is 81.0 Å². The van der Waals surface area contributed by atoms with E-state index in [2.05, 4.69) is 15.4 Å². The molecule has 3 aliphatic rings. The first-order valence-corrected chi connectivity index (χ1v) is 11.5. The quantitative estimate of drug-likeness (QED) is 0.747. The summed E-state index contributed by atoms with van der Waals surface area (Å²) in [5, 5.41) is 7.08. The lowest BCUT2D eigenvalue weighted by Gasteiger charge is -2.38. The van der Waals surface area contributed by atoms with Crippen LogP contribution in [0.25, 0.3) is 0 Å². The molecule has 1 N–H and O–H groups in total. The number of carbonyl (C=O) groups excluding carboxylic acids is 1. The van der Waals surface area contributed by atoms with E-state index in [1.54, 1.807) is 24.3 Å². The van der Waals surface area contributed by atoms with Crippen LogP contribution in [0.3, 0.4) is 0 Å². The monoisotopic (exact) mass is 425 g/mol. The molecule has 166 valence electrons. The first-order chi connectivity index (χ1) is 15.0. The molecular weight excluding hydrogens is 394 g/mol. The second-order valence-electron chi connectivity index (χ2n) is 9.44. The van der Waals surface area contributed by atoms with E-state index in [0.717, 1.165) is 37.7 Å². The van der Waals surface area contributed by atoms with Gasteiger partial charge in [0.25, 0.3) is 5.91 Å². The molecule has 3 heterocycles. The SMILES string of the molecule is CC1(C)Oc2ccc(NC(=O)c3cc(C4CCN(C5CCCCC5)CC4)no3)cc2O1. The summed E-state index contributed by atoms with van der Waals surface area (Å²) in [6, 6.07) is 7.92. The molecule has 7 heteroatoms. The van der Waals surface area contributed by atoms with Gasteiger partial charge in [-0.1, -0.05) is 24.4 Å². The predicted octanol–water partition coefficient (Wildman–Crippen LogP) is 4.95. The van der Waals surface area contributed by atoms with Gasteiger partial charge in [0, 0.05) is 43.6 Å². The van der Waals surface area contributed by atoms with Crippen LogP contribution in [0, 0.1) is 0 Å². The Balaban J connectivity index is 1.18. The molecular formula is C24H31N3O4. The number of rotatable bonds is 4. The van der Waals surface area contributed by atoms with Crippen LogP contribution in [0.5, 0.6) is 11.5 Å². The molecule has 5 rings (SSSR count). The lowest BCUT2D eigenvalue weighted by atomic mass is 9.89. The zero-order valence-electron chi connectivity index (χ0n) is 18.4. The Morgan fingerprint density at radius 3 is 2.55 bits per heavy atom. The number of ether oxygens (including phenoxy) is 2. The molecule has 1 aromatic heterocycles. The smallest absolute Gasteiger partial charge is 0.294 e. The van der Waals surface area contributed by atoms with Crippen molar-refractivity contribution in [2.45, 2.75) is 76.5 Å². The summed E-state index contributed by atoms with van der Waals surface area (Å²) in [5.41, 5.74) is 1.52. The molecule has 0 atom stereocenters. The van der Waals surface area contributed by atoms with Crippen molar-refractivity contribution in [2.75, 3.05) is 18.4 Å². The molecule has 1 saturated carbocycles. The van der Waals surface area contributed by atoms with Crippen molar-refractivity contribution in [1.29, 1.82) is 0 Å². The molecule has 0 unspecified atom stereocenters. The van der Waals surface area contributed by atoms with Crippen molar-refractivity contribution < 1.29 is 18.8 Å². The molecule has 1 aliphatic carbocycles. The van der Waals surface area contributed by atoms with Crippen molar-refractivity contribution in [3.63, 3.8) is 0 Å². The predicted molar refractivity (Wildman–Crippen MR) is 117 cm³/mol. The van der Waals surface area contributed by atoms with Gasteiger partial charge >= 0.3 is 0 Å². The van der Waals surface area contributed by atoms with E-state index in [1.165, 1.54) is 32.1 Å². The maximum Gasteiger partial charge on any atom is 0.294 e. The van der Waals surface area contributed by atoms with E-state index in [1.807, 2.05) is 13.8 Å². The molecule has 1 aromatic carbocycles. The molecule has 7 nitrogen and oxygen atoms in total. The van der Waals surface area contributed by atoms with Crippen LogP contribution in [0.4, 0.5) is 5.69 Å². The van der Waals surface area contributed by atoms with Crippen molar-refractivity contribution in [2.24, 2.45) is 0 Å². The molecule has 2 fully saturated rings. The summed E-state index contributed by atoms with van der Waals surface area (Å²) in [6.07, 6.45) is 8.96. The number of nitrogens with one attached hydrogen (secondary N) is 1. The fourth-order valence-corrected chi connectivity index (χ4v) is 5.09. The highest BCUT2D eigenvalue weighted by molar-refractivity contribution is 6.02. The van der Waals surface area contributed by atoms with Crippen LogP contribution < -0.4 is 14.8 Å². The van der Waals surface area contributed by atoms with Gasteiger partial charge in [-0.25, -0.2) is 0 Å². The standard InChI is InChI=1S/C24H31N3O4/c1-24(2)29-20-9-8-17(14-21(20)30-24)25-23(28)22-15-19(26-31-22)16-10-12-27(13-11-16)18-6-4-3-5-7-18/h8-9,14-16,18H,3-7,10-13H2,1-2H3,(H,25,28). The summed E-state index contributed by atoms with van der Waals surface area (Å²) in [5.74, 6) is 0.879. The number of nitrogens with zero attached hydrogens (tertiary/aromatic N) is 2. The van der Waals surface area contributed by atoms with Crippen molar-refractivity contribution in [3.05, 3.63) is 35.7 Å². The minimum absolute atomic E-state index is 0.239. The Kier molecular flexibility index (Phi) is 5.38.